The van der Waals surface area contributed by atoms with Crippen LogP contribution < -0.4 is 10.0 Å². The molecule has 1 saturated heterocycles. The molecule has 27 heavy (non-hydrogen) atoms. The zero-order valence-electron chi connectivity index (χ0n) is 14.2. The Bertz CT molecular complexity index is 930. The van der Waals surface area contributed by atoms with Gasteiger partial charge in [0.1, 0.15) is 10.7 Å². The number of thioether (sulfide) groups is 1. The van der Waals surface area contributed by atoms with Crippen molar-refractivity contribution >= 4 is 45.0 Å². The van der Waals surface area contributed by atoms with E-state index in [1.54, 1.807) is 0 Å². The van der Waals surface area contributed by atoms with Gasteiger partial charge in [-0.1, -0.05) is 11.6 Å². The summed E-state index contributed by atoms with van der Waals surface area (Å²) in [5, 5.41) is 2.93. The van der Waals surface area contributed by atoms with Crippen LogP contribution in [0.4, 0.5) is 10.1 Å². The Labute approximate surface area is 166 Å². The fourth-order valence-electron chi connectivity index (χ4n) is 2.69. The van der Waals surface area contributed by atoms with Gasteiger partial charge in [0.2, 0.25) is 0 Å². The molecule has 5 nitrogen and oxygen atoms in total. The van der Waals surface area contributed by atoms with E-state index in [1.165, 1.54) is 30.3 Å². The van der Waals surface area contributed by atoms with Crippen molar-refractivity contribution < 1.29 is 17.6 Å². The molecule has 0 aliphatic carbocycles. The third kappa shape index (κ3) is 5.15. The Kier molecular flexibility index (Phi) is 6.29. The van der Waals surface area contributed by atoms with Gasteiger partial charge in [-0.15, -0.1) is 0 Å². The van der Waals surface area contributed by atoms with Crippen LogP contribution in [0.15, 0.2) is 47.4 Å². The average molecular weight is 429 g/mol. The smallest absolute Gasteiger partial charge is 0.263 e. The molecular weight excluding hydrogens is 411 g/mol. The number of anilines is 1. The standard InChI is InChI=1S/C18H18ClFN2O3S2/c19-16-6-1-12(18(23)21-14-7-9-26-10-8-14)11-17(16)27(24,25)22-15-4-2-13(20)3-5-15/h1-6,11,14,22H,7-10H2,(H,21,23). The van der Waals surface area contributed by atoms with Crippen molar-refractivity contribution in [1.29, 1.82) is 0 Å². The van der Waals surface area contributed by atoms with Gasteiger partial charge in [-0.05, 0) is 66.8 Å². The topological polar surface area (TPSA) is 75.3 Å². The summed E-state index contributed by atoms with van der Waals surface area (Å²) in [5.74, 6) is 1.18. The maximum atomic E-state index is 13.0. The third-order valence-corrected chi connectivity index (χ3v) is 7.05. The first-order chi connectivity index (χ1) is 12.8. The number of carbonyl (C=O) groups excluding carboxylic acids is 1. The molecule has 0 unspecified atom stereocenters. The number of sulfonamides is 1. The Hall–Kier alpha value is -1.77. The highest BCUT2D eigenvalue weighted by atomic mass is 35.5. The van der Waals surface area contributed by atoms with Crippen LogP contribution >= 0.6 is 23.4 Å². The average Bonchev–Trinajstić information content (AvgIpc) is 2.64. The van der Waals surface area contributed by atoms with Crippen LogP contribution in [-0.2, 0) is 10.0 Å². The molecule has 0 bridgehead atoms. The molecule has 0 atom stereocenters. The molecule has 0 saturated carbocycles. The van der Waals surface area contributed by atoms with Gasteiger partial charge < -0.3 is 5.32 Å². The van der Waals surface area contributed by atoms with Crippen LogP contribution in [0.3, 0.4) is 0 Å². The molecule has 9 heteroatoms. The van der Waals surface area contributed by atoms with Crippen LogP contribution in [0.1, 0.15) is 23.2 Å². The Morgan fingerprint density at radius 1 is 1.11 bits per heavy atom. The number of rotatable bonds is 5. The molecule has 144 valence electrons. The summed E-state index contributed by atoms with van der Waals surface area (Å²) in [5.41, 5.74) is 0.416. The molecule has 0 aromatic heterocycles. The summed E-state index contributed by atoms with van der Waals surface area (Å²) in [6.45, 7) is 0. The SMILES string of the molecule is O=C(NC1CCSCC1)c1ccc(Cl)c(S(=O)(=O)Nc2ccc(F)cc2)c1. The number of benzene rings is 2. The van der Waals surface area contributed by atoms with Gasteiger partial charge >= 0.3 is 0 Å². The second-order valence-corrected chi connectivity index (χ2v) is 9.40. The highest BCUT2D eigenvalue weighted by molar-refractivity contribution is 7.99. The second-order valence-electron chi connectivity index (χ2n) is 6.12. The fraction of sp³-hybridized carbons (Fsp3) is 0.278. The number of nitrogens with one attached hydrogen (secondary N) is 2. The van der Waals surface area contributed by atoms with Crippen LogP contribution in [0.5, 0.6) is 0 Å². The molecular formula is C18H18ClFN2O3S2. The zero-order valence-corrected chi connectivity index (χ0v) is 16.6. The van der Waals surface area contributed by atoms with Gasteiger partial charge in [0.25, 0.3) is 15.9 Å². The molecule has 1 aliphatic rings. The molecule has 0 radical (unpaired) electrons. The summed E-state index contributed by atoms with van der Waals surface area (Å²) in [7, 11) is -4.03. The minimum absolute atomic E-state index is 0.00442. The largest absolute Gasteiger partial charge is 0.349 e. The summed E-state index contributed by atoms with van der Waals surface area (Å²) in [6.07, 6.45) is 1.78. The minimum atomic E-state index is -4.03. The van der Waals surface area contributed by atoms with Crippen LogP contribution in [0.2, 0.25) is 5.02 Å². The van der Waals surface area contributed by atoms with E-state index in [0.29, 0.717) is 0 Å². The molecule has 1 heterocycles. The van der Waals surface area contributed by atoms with E-state index in [-0.39, 0.29) is 33.1 Å². The maximum absolute atomic E-state index is 13.0. The summed E-state index contributed by atoms with van der Waals surface area (Å²) < 4.78 is 40.6. The summed E-state index contributed by atoms with van der Waals surface area (Å²) >= 11 is 7.91. The molecule has 1 amide bonds. The third-order valence-electron chi connectivity index (χ3n) is 4.14. The van der Waals surface area contributed by atoms with Crippen molar-refractivity contribution in [2.75, 3.05) is 16.2 Å². The van der Waals surface area contributed by atoms with Crippen molar-refractivity contribution in [2.45, 2.75) is 23.8 Å². The lowest BCUT2D eigenvalue weighted by Gasteiger charge is -2.22. The number of halogens is 2. The van der Waals surface area contributed by atoms with E-state index in [0.717, 1.165) is 36.5 Å². The highest BCUT2D eigenvalue weighted by Crippen LogP contribution is 2.26. The van der Waals surface area contributed by atoms with E-state index in [2.05, 4.69) is 10.0 Å². The Morgan fingerprint density at radius 2 is 1.78 bits per heavy atom. The normalized spacial score (nSPS) is 15.3. The van der Waals surface area contributed by atoms with E-state index < -0.39 is 15.8 Å². The van der Waals surface area contributed by atoms with E-state index in [4.69, 9.17) is 11.6 Å². The molecule has 1 aliphatic heterocycles. The molecule has 0 spiro atoms. The summed E-state index contributed by atoms with van der Waals surface area (Å²) in [6, 6.07) is 9.11. The van der Waals surface area contributed by atoms with Gasteiger partial charge in [0.15, 0.2) is 0 Å². The predicted octanol–water partition coefficient (Wildman–Crippen LogP) is 3.91. The van der Waals surface area contributed by atoms with Gasteiger partial charge in [-0.3, -0.25) is 9.52 Å². The number of amides is 1. The molecule has 2 aromatic rings. The van der Waals surface area contributed by atoms with Gasteiger partial charge in [0, 0.05) is 17.3 Å². The Morgan fingerprint density at radius 3 is 2.44 bits per heavy atom. The molecule has 1 fully saturated rings. The predicted molar refractivity (Wildman–Crippen MR) is 106 cm³/mol. The monoisotopic (exact) mass is 428 g/mol. The maximum Gasteiger partial charge on any atom is 0.263 e. The van der Waals surface area contributed by atoms with Crippen molar-refractivity contribution in [1.82, 2.24) is 5.32 Å². The second kappa shape index (κ2) is 8.50. The van der Waals surface area contributed by atoms with Crippen molar-refractivity contribution in [3.63, 3.8) is 0 Å². The number of carbonyl (C=O) groups is 1. The molecule has 2 aromatic carbocycles. The first-order valence-electron chi connectivity index (χ1n) is 8.32. The quantitative estimate of drug-likeness (QED) is 0.757. The van der Waals surface area contributed by atoms with Gasteiger partial charge in [-0.25, -0.2) is 12.8 Å². The summed E-state index contributed by atoms with van der Waals surface area (Å²) in [4.78, 5) is 12.3. The lowest BCUT2D eigenvalue weighted by atomic mass is 10.1. The van der Waals surface area contributed by atoms with E-state index in [1.807, 2.05) is 11.8 Å². The van der Waals surface area contributed by atoms with Crippen molar-refractivity contribution in [3.05, 3.63) is 58.9 Å². The zero-order chi connectivity index (χ0) is 19.4. The minimum Gasteiger partial charge on any atom is -0.349 e. The van der Waals surface area contributed by atoms with Crippen LogP contribution in [0, 0.1) is 5.82 Å². The number of hydrogen-bond acceptors (Lipinski definition) is 4. The van der Waals surface area contributed by atoms with Crippen LogP contribution in [-0.4, -0.2) is 31.9 Å². The van der Waals surface area contributed by atoms with Gasteiger partial charge in [-0.2, -0.15) is 11.8 Å². The van der Waals surface area contributed by atoms with Crippen molar-refractivity contribution in [3.8, 4) is 0 Å². The van der Waals surface area contributed by atoms with Crippen LogP contribution in [0.25, 0.3) is 0 Å². The molecule has 3 rings (SSSR count). The highest BCUT2D eigenvalue weighted by Gasteiger charge is 2.22. The first kappa shape index (κ1) is 20.0. The fourth-order valence-corrected chi connectivity index (χ4v) is 5.38. The van der Waals surface area contributed by atoms with Crippen molar-refractivity contribution in [2.24, 2.45) is 0 Å². The Balaban J connectivity index is 1.81. The first-order valence-corrected chi connectivity index (χ1v) is 11.3. The van der Waals surface area contributed by atoms with E-state index in [9.17, 15) is 17.6 Å². The lowest BCUT2D eigenvalue weighted by Crippen LogP contribution is -2.37. The molecule has 2 N–H and O–H groups in total. The number of hydrogen-bond donors (Lipinski definition) is 2. The van der Waals surface area contributed by atoms with E-state index >= 15 is 0 Å². The lowest BCUT2D eigenvalue weighted by molar-refractivity contribution is 0.0934. The van der Waals surface area contributed by atoms with Gasteiger partial charge in [0.05, 0.1) is 5.02 Å².